The average molecular weight is 871 g/mol. The molecule has 0 unspecified atom stereocenters. The van der Waals surface area contributed by atoms with Crippen LogP contribution in [0.2, 0.25) is 5.02 Å². The number of hydrogen-bond acceptors (Lipinski definition) is 7. The fourth-order valence-electron chi connectivity index (χ4n) is 8.71. The fraction of sp³-hybridized carbons (Fsp3) is 0.325. The molecule has 0 aliphatic heterocycles. The minimum atomic E-state index is -3.89. The van der Waals surface area contributed by atoms with Crippen LogP contribution >= 0.6 is 11.6 Å². The molecule has 60 heavy (non-hydrogen) atoms. The number of anilines is 1. The van der Waals surface area contributed by atoms with Gasteiger partial charge in [0.05, 0.1) is 44.8 Å². The van der Waals surface area contributed by atoms with Gasteiger partial charge in [0.25, 0.3) is 17.9 Å². The summed E-state index contributed by atoms with van der Waals surface area (Å²) in [5, 5.41) is 11.0. The molecular weight excluding hydrogens is 838 g/mol. The minimum Gasteiger partial charge on any atom is -0.344 e. The zero-order chi connectivity index (χ0) is 42.6. The van der Waals surface area contributed by atoms with E-state index in [0.29, 0.717) is 10.7 Å². The van der Waals surface area contributed by atoms with Crippen molar-refractivity contribution in [2.24, 2.45) is 13.0 Å². The van der Waals surface area contributed by atoms with Gasteiger partial charge in [0.1, 0.15) is 35.4 Å². The van der Waals surface area contributed by atoms with Gasteiger partial charge in [-0.25, -0.2) is 31.0 Å². The standard InChI is InChI=1S/C40H33ClF6N8O4S/c1-53-34-29(10-9-26(41)32(34)37(51-53)52-60(2,58)59)55-38(49-27-14-20(19-5-3-4-6-19)7-8-23(27)39(55)57)28(13-18-11-21(42)15-22(43)12-18)48-30(56)17-54-35-31(33(50-54)36(44)45)24-16-25(24)40(35,46)47/h5,7-12,14-15,24-25,28,36H,3-4,6,13,16-17H2,1-2H3,(H,48,56)(H,51,52)/t24-,25+,28-/m0/s1. The lowest BCUT2D eigenvalue weighted by atomic mass is 10.0. The summed E-state index contributed by atoms with van der Waals surface area (Å²) in [5.41, 5.74) is -0.387. The highest BCUT2D eigenvalue weighted by molar-refractivity contribution is 7.92. The number of alkyl halides is 4. The van der Waals surface area contributed by atoms with Gasteiger partial charge in [0.2, 0.25) is 15.9 Å². The third-order valence-electron chi connectivity index (χ3n) is 11.2. The molecule has 6 aromatic rings. The molecule has 0 spiro atoms. The molecule has 3 aromatic heterocycles. The molecule has 1 amide bonds. The Kier molecular flexibility index (Phi) is 9.42. The van der Waals surface area contributed by atoms with Crippen molar-refractivity contribution in [2.45, 2.75) is 63.0 Å². The Hall–Kier alpha value is -5.69. The number of sulfonamides is 1. The average Bonchev–Trinajstić information content (AvgIpc) is 3.40. The van der Waals surface area contributed by atoms with Crippen molar-refractivity contribution in [3.63, 3.8) is 0 Å². The van der Waals surface area contributed by atoms with Gasteiger partial charge in [-0.2, -0.15) is 19.0 Å². The van der Waals surface area contributed by atoms with E-state index in [-0.39, 0.29) is 61.7 Å². The molecule has 0 saturated heterocycles. The van der Waals surface area contributed by atoms with E-state index in [4.69, 9.17) is 16.6 Å². The summed E-state index contributed by atoms with van der Waals surface area (Å²) >= 11 is 6.62. The number of aromatic nitrogens is 6. The maximum atomic E-state index is 15.5. The van der Waals surface area contributed by atoms with Crippen LogP contribution in [0.15, 0.2) is 59.4 Å². The maximum Gasteiger partial charge on any atom is 0.293 e. The van der Waals surface area contributed by atoms with Crippen LogP contribution in [0.4, 0.5) is 32.2 Å². The SMILES string of the molecule is Cn1nc(NS(C)(=O)=O)c2c(Cl)ccc(-n3c([C@H](Cc4cc(F)cc(F)c4)NC(=O)Cn4nc(C(F)F)c5c4C(F)(F)[C@@H]4C[C@H]54)nc4cc(C5=CCCC5)ccc4c3=O)c21. The van der Waals surface area contributed by atoms with Crippen molar-refractivity contribution in [2.75, 3.05) is 11.0 Å². The molecule has 0 radical (unpaired) electrons. The quantitative estimate of drug-likeness (QED) is 0.128. The second-order valence-electron chi connectivity index (χ2n) is 15.4. The molecule has 3 aliphatic rings. The Morgan fingerprint density at radius 2 is 1.82 bits per heavy atom. The number of hydrogen-bond donors (Lipinski definition) is 2. The number of carbonyl (C=O) groups excluding carboxylic acids is 1. The Bertz CT molecular complexity index is 3000. The van der Waals surface area contributed by atoms with Crippen molar-refractivity contribution >= 4 is 60.7 Å². The van der Waals surface area contributed by atoms with Gasteiger partial charge >= 0.3 is 0 Å². The lowest BCUT2D eigenvalue weighted by Gasteiger charge is -2.24. The number of rotatable bonds is 11. The van der Waals surface area contributed by atoms with Crippen LogP contribution in [0.3, 0.4) is 0 Å². The van der Waals surface area contributed by atoms with Crippen molar-refractivity contribution in [3.05, 3.63) is 116 Å². The molecule has 12 nitrogen and oxygen atoms in total. The second kappa shape index (κ2) is 14.2. The highest BCUT2D eigenvalue weighted by Gasteiger charge is 2.67. The third kappa shape index (κ3) is 6.80. The van der Waals surface area contributed by atoms with Gasteiger partial charge in [-0.15, -0.1) is 0 Å². The number of nitrogens with zero attached hydrogens (tertiary/aromatic N) is 6. The minimum absolute atomic E-state index is 0.00317. The number of carbonyl (C=O) groups is 1. The van der Waals surface area contributed by atoms with E-state index in [9.17, 15) is 35.6 Å². The second-order valence-corrected chi connectivity index (χ2v) is 17.5. The molecule has 1 saturated carbocycles. The van der Waals surface area contributed by atoms with Crippen molar-refractivity contribution in [3.8, 4) is 5.69 Å². The molecule has 3 aliphatic carbocycles. The Labute approximate surface area is 341 Å². The zero-order valence-corrected chi connectivity index (χ0v) is 33.2. The van der Waals surface area contributed by atoms with Gasteiger partial charge in [0, 0.05) is 31.0 Å². The number of amides is 1. The van der Waals surface area contributed by atoms with E-state index < -0.39 is 87.7 Å². The molecule has 3 atom stereocenters. The first kappa shape index (κ1) is 39.8. The molecule has 9 rings (SSSR count). The van der Waals surface area contributed by atoms with Crippen LogP contribution in [0.5, 0.6) is 0 Å². The Balaban J connectivity index is 1.25. The summed E-state index contributed by atoms with van der Waals surface area (Å²) < 4.78 is 119. The van der Waals surface area contributed by atoms with E-state index in [1.165, 1.54) is 23.9 Å². The smallest absolute Gasteiger partial charge is 0.293 e. The van der Waals surface area contributed by atoms with Crippen LogP contribution in [-0.4, -0.2) is 49.7 Å². The molecule has 312 valence electrons. The van der Waals surface area contributed by atoms with Gasteiger partial charge in [0.15, 0.2) is 5.82 Å². The number of aryl methyl sites for hydroxylation is 1. The predicted octanol–water partition coefficient (Wildman–Crippen LogP) is 7.59. The van der Waals surface area contributed by atoms with Crippen LogP contribution in [0, 0.1) is 17.6 Å². The maximum absolute atomic E-state index is 15.5. The van der Waals surface area contributed by atoms with Crippen molar-refractivity contribution in [1.82, 2.24) is 34.4 Å². The van der Waals surface area contributed by atoms with Crippen molar-refractivity contribution in [1.29, 1.82) is 0 Å². The largest absolute Gasteiger partial charge is 0.344 e. The first-order valence-corrected chi connectivity index (χ1v) is 21.1. The summed E-state index contributed by atoms with van der Waals surface area (Å²) in [6.45, 7) is -0.957. The fourth-order valence-corrected chi connectivity index (χ4v) is 9.45. The van der Waals surface area contributed by atoms with Gasteiger partial charge < -0.3 is 5.32 Å². The van der Waals surface area contributed by atoms with Gasteiger partial charge in [-0.1, -0.05) is 23.7 Å². The summed E-state index contributed by atoms with van der Waals surface area (Å²) in [6.07, 6.45) is 1.92. The van der Waals surface area contributed by atoms with Crippen molar-refractivity contribution < 1.29 is 39.6 Å². The summed E-state index contributed by atoms with van der Waals surface area (Å²) in [5.74, 6) is -8.83. The van der Waals surface area contributed by atoms with E-state index >= 15 is 8.78 Å². The van der Waals surface area contributed by atoms with E-state index in [2.05, 4.69) is 26.3 Å². The van der Waals surface area contributed by atoms with E-state index in [0.717, 1.165) is 53.4 Å². The van der Waals surface area contributed by atoms with Gasteiger partial charge in [-0.3, -0.25) is 28.2 Å². The molecule has 20 heteroatoms. The number of halogens is 7. The summed E-state index contributed by atoms with van der Waals surface area (Å²) in [4.78, 5) is 33.9. The first-order chi connectivity index (χ1) is 28.4. The lowest BCUT2D eigenvalue weighted by molar-refractivity contribution is -0.123. The third-order valence-corrected chi connectivity index (χ3v) is 12.1. The first-order valence-electron chi connectivity index (χ1n) is 18.8. The molecule has 3 aromatic carbocycles. The molecule has 3 heterocycles. The Morgan fingerprint density at radius 3 is 2.50 bits per heavy atom. The summed E-state index contributed by atoms with van der Waals surface area (Å²) in [6, 6.07) is 9.07. The Morgan fingerprint density at radius 1 is 1.07 bits per heavy atom. The van der Waals surface area contributed by atoms with Crippen LogP contribution < -0.4 is 15.6 Å². The van der Waals surface area contributed by atoms with Crippen LogP contribution in [-0.2, 0) is 40.8 Å². The molecule has 1 fully saturated rings. The summed E-state index contributed by atoms with van der Waals surface area (Å²) in [7, 11) is -2.42. The normalized spacial score (nSPS) is 18.5. The zero-order valence-electron chi connectivity index (χ0n) is 31.6. The van der Waals surface area contributed by atoms with E-state index in [1.54, 1.807) is 18.2 Å². The topological polar surface area (TPSA) is 146 Å². The van der Waals surface area contributed by atoms with Gasteiger partial charge in [-0.05, 0) is 84.7 Å². The number of nitrogens with one attached hydrogen (secondary N) is 2. The van der Waals surface area contributed by atoms with Crippen LogP contribution in [0.1, 0.15) is 78.0 Å². The van der Waals surface area contributed by atoms with Crippen LogP contribution in [0.25, 0.3) is 33.1 Å². The number of benzene rings is 3. The monoisotopic (exact) mass is 870 g/mol. The highest BCUT2D eigenvalue weighted by atomic mass is 35.5. The predicted molar refractivity (Wildman–Crippen MR) is 210 cm³/mol. The number of fused-ring (bicyclic) bond motifs is 5. The molecular formula is C40H33ClF6N8O4S. The molecule has 0 bridgehead atoms. The lowest BCUT2D eigenvalue weighted by Crippen LogP contribution is -2.38. The highest BCUT2D eigenvalue weighted by Crippen LogP contribution is 2.68. The molecule has 2 N–H and O–H groups in total. The van der Waals surface area contributed by atoms with E-state index in [1.807, 2.05) is 0 Å². The number of allylic oxidation sites excluding steroid dienone is 2.